The summed E-state index contributed by atoms with van der Waals surface area (Å²) in [5.41, 5.74) is -0.770. The maximum atomic E-state index is 12.5. The van der Waals surface area contributed by atoms with Crippen LogP contribution in [-0.2, 0) is 17.4 Å². The summed E-state index contributed by atoms with van der Waals surface area (Å²) in [5, 5.41) is 2.27. The smallest absolute Gasteiger partial charge is 0.309 e. The predicted octanol–water partition coefficient (Wildman–Crippen LogP) is 2.14. The van der Waals surface area contributed by atoms with Gasteiger partial charge < -0.3 is 5.32 Å². The molecule has 1 aromatic rings. The van der Waals surface area contributed by atoms with E-state index in [9.17, 15) is 18.0 Å². The standard InChI is InChI=1S/C8H5BrF3N3O/c9-6-5(8(10,11)12)15-7-3(13-6)1-2-4(16)14-7/h1-2H2,(H,14,15,16). The van der Waals surface area contributed by atoms with Gasteiger partial charge in [-0.3, -0.25) is 4.79 Å². The van der Waals surface area contributed by atoms with Gasteiger partial charge in [-0.05, 0) is 15.9 Å². The molecule has 0 fully saturated rings. The molecule has 1 aliphatic heterocycles. The number of carbonyl (C=O) groups is 1. The van der Waals surface area contributed by atoms with Crippen LogP contribution in [0.5, 0.6) is 0 Å². The summed E-state index contributed by atoms with van der Waals surface area (Å²) in [4.78, 5) is 18.1. The number of hydrogen-bond donors (Lipinski definition) is 1. The van der Waals surface area contributed by atoms with E-state index in [0.29, 0.717) is 12.1 Å². The van der Waals surface area contributed by atoms with E-state index in [-0.39, 0.29) is 22.7 Å². The third-order valence-corrected chi connectivity index (χ3v) is 2.59. The summed E-state index contributed by atoms with van der Waals surface area (Å²) in [6.07, 6.45) is -4.09. The molecule has 0 unspecified atom stereocenters. The molecule has 4 nitrogen and oxygen atoms in total. The van der Waals surface area contributed by atoms with Crippen molar-refractivity contribution in [3.63, 3.8) is 0 Å². The molecule has 86 valence electrons. The molecule has 16 heavy (non-hydrogen) atoms. The second kappa shape index (κ2) is 3.69. The van der Waals surface area contributed by atoms with Gasteiger partial charge in [0.2, 0.25) is 5.91 Å². The van der Waals surface area contributed by atoms with Crippen molar-refractivity contribution in [2.75, 3.05) is 5.32 Å². The molecule has 0 aliphatic carbocycles. The molecule has 0 atom stereocenters. The van der Waals surface area contributed by atoms with Gasteiger partial charge in [-0.1, -0.05) is 0 Å². The number of nitrogens with zero attached hydrogens (tertiary/aromatic N) is 2. The Hall–Kier alpha value is -1.18. The van der Waals surface area contributed by atoms with E-state index in [2.05, 4.69) is 31.2 Å². The average Bonchev–Trinajstić information content (AvgIpc) is 2.16. The molecule has 1 aliphatic rings. The lowest BCUT2D eigenvalue weighted by molar-refractivity contribution is -0.142. The Bertz CT molecular complexity index is 461. The van der Waals surface area contributed by atoms with Gasteiger partial charge in [-0.15, -0.1) is 0 Å². The molecule has 8 heteroatoms. The largest absolute Gasteiger partial charge is 0.436 e. The first-order chi connectivity index (χ1) is 7.38. The molecule has 1 N–H and O–H groups in total. The summed E-state index contributed by atoms with van der Waals surface area (Å²) >= 11 is 2.72. The van der Waals surface area contributed by atoms with E-state index in [1.54, 1.807) is 0 Å². The van der Waals surface area contributed by atoms with Crippen molar-refractivity contribution in [3.8, 4) is 0 Å². The lowest BCUT2D eigenvalue weighted by atomic mass is 10.1. The van der Waals surface area contributed by atoms with Crippen molar-refractivity contribution >= 4 is 27.7 Å². The van der Waals surface area contributed by atoms with Gasteiger partial charge in [-0.2, -0.15) is 13.2 Å². The Morgan fingerprint density at radius 1 is 1.25 bits per heavy atom. The fraction of sp³-hybridized carbons (Fsp3) is 0.375. The molecule has 1 aromatic heterocycles. The van der Waals surface area contributed by atoms with E-state index in [0.717, 1.165) is 0 Å². The zero-order valence-corrected chi connectivity index (χ0v) is 9.31. The van der Waals surface area contributed by atoms with Crippen LogP contribution < -0.4 is 5.32 Å². The van der Waals surface area contributed by atoms with Gasteiger partial charge in [0.1, 0.15) is 4.60 Å². The lowest BCUT2D eigenvalue weighted by Crippen LogP contribution is -2.23. The van der Waals surface area contributed by atoms with E-state index in [1.807, 2.05) is 0 Å². The number of amides is 1. The zero-order valence-electron chi connectivity index (χ0n) is 7.73. The molecule has 0 bridgehead atoms. The summed E-state index contributed by atoms with van der Waals surface area (Å²) in [6.45, 7) is 0. The highest BCUT2D eigenvalue weighted by atomic mass is 79.9. The van der Waals surface area contributed by atoms with E-state index >= 15 is 0 Å². The molecule has 2 rings (SSSR count). The number of nitrogens with one attached hydrogen (secondary N) is 1. The van der Waals surface area contributed by atoms with Crippen molar-refractivity contribution in [1.29, 1.82) is 0 Å². The topological polar surface area (TPSA) is 54.9 Å². The van der Waals surface area contributed by atoms with Crippen molar-refractivity contribution in [2.24, 2.45) is 0 Å². The van der Waals surface area contributed by atoms with Crippen LogP contribution in [0.15, 0.2) is 4.60 Å². The molecular weight excluding hydrogens is 291 g/mol. The molecule has 0 aromatic carbocycles. The quantitative estimate of drug-likeness (QED) is 0.798. The Labute approximate surface area is 96.4 Å². The van der Waals surface area contributed by atoms with Crippen molar-refractivity contribution < 1.29 is 18.0 Å². The van der Waals surface area contributed by atoms with E-state index in [1.165, 1.54) is 0 Å². The number of halogens is 4. The van der Waals surface area contributed by atoms with Gasteiger partial charge >= 0.3 is 6.18 Å². The van der Waals surface area contributed by atoms with Crippen molar-refractivity contribution in [2.45, 2.75) is 19.0 Å². The molecule has 0 radical (unpaired) electrons. The number of alkyl halides is 3. The fourth-order valence-electron chi connectivity index (χ4n) is 1.33. The first kappa shape index (κ1) is 11.3. The number of fused-ring (bicyclic) bond motifs is 1. The molecular formula is C8H5BrF3N3O. The number of rotatable bonds is 0. The lowest BCUT2D eigenvalue weighted by Gasteiger charge is -2.17. The van der Waals surface area contributed by atoms with Gasteiger partial charge in [0.25, 0.3) is 0 Å². The van der Waals surface area contributed by atoms with Gasteiger partial charge in [0.15, 0.2) is 11.5 Å². The molecule has 0 saturated carbocycles. The monoisotopic (exact) mass is 295 g/mol. The van der Waals surface area contributed by atoms with Gasteiger partial charge in [0.05, 0.1) is 5.69 Å². The first-order valence-corrected chi connectivity index (χ1v) is 5.10. The molecule has 2 heterocycles. The summed E-state index contributed by atoms with van der Waals surface area (Å²) in [6, 6.07) is 0. The number of carbonyl (C=O) groups excluding carboxylic acids is 1. The highest BCUT2D eigenvalue weighted by Crippen LogP contribution is 2.34. The minimum Gasteiger partial charge on any atom is -0.309 e. The highest BCUT2D eigenvalue weighted by Gasteiger charge is 2.37. The van der Waals surface area contributed by atoms with Crippen LogP contribution >= 0.6 is 15.9 Å². The van der Waals surface area contributed by atoms with Crippen LogP contribution in [0.2, 0.25) is 0 Å². The molecule has 0 saturated heterocycles. The van der Waals surface area contributed by atoms with Crippen LogP contribution in [0.4, 0.5) is 19.0 Å². The molecule has 0 spiro atoms. The number of anilines is 1. The second-order valence-corrected chi connectivity index (χ2v) is 3.96. The third kappa shape index (κ3) is 2.01. The van der Waals surface area contributed by atoms with Crippen LogP contribution in [0.1, 0.15) is 17.8 Å². The third-order valence-electron chi connectivity index (χ3n) is 2.04. The van der Waals surface area contributed by atoms with Gasteiger partial charge in [0, 0.05) is 12.8 Å². The molecule has 1 amide bonds. The number of aromatic nitrogens is 2. The number of hydrogen-bond acceptors (Lipinski definition) is 3. The Balaban J connectivity index is 2.51. The van der Waals surface area contributed by atoms with Crippen molar-refractivity contribution in [3.05, 3.63) is 16.0 Å². The SMILES string of the molecule is O=C1CCc2nc(Br)c(C(F)(F)F)nc2N1. The zero-order chi connectivity index (χ0) is 11.9. The van der Waals surface area contributed by atoms with E-state index in [4.69, 9.17) is 0 Å². The predicted molar refractivity (Wildman–Crippen MR) is 51.7 cm³/mol. The normalized spacial score (nSPS) is 15.6. The van der Waals surface area contributed by atoms with Crippen LogP contribution in [-0.4, -0.2) is 15.9 Å². The second-order valence-electron chi connectivity index (χ2n) is 3.20. The highest BCUT2D eigenvalue weighted by molar-refractivity contribution is 9.10. The Kier molecular flexibility index (Phi) is 2.61. The Morgan fingerprint density at radius 2 is 1.94 bits per heavy atom. The summed E-state index contributed by atoms with van der Waals surface area (Å²) in [5.74, 6) is -0.455. The van der Waals surface area contributed by atoms with Crippen LogP contribution in [0.3, 0.4) is 0 Å². The first-order valence-electron chi connectivity index (χ1n) is 4.31. The van der Waals surface area contributed by atoms with E-state index < -0.39 is 11.9 Å². The maximum Gasteiger partial charge on any atom is 0.436 e. The minimum absolute atomic E-state index is 0.105. The van der Waals surface area contributed by atoms with Crippen molar-refractivity contribution in [1.82, 2.24) is 9.97 Å². The number of aryl methyl sites for hydroxylation is 1. The summed E-state index contributed by atoms with van der Waals surface area (Å²) < 4.78 is 37.1. The van der Waals surface area contributed by atoms with Crippen LogP contribution in [0.25, 0.3) is 0 Å². The Morgan fingerprint density at radius 3 is 2.56 bits per heavy atom. The summed E-state index contributed by atoms with van der Waals surface area (Å²) in [7, 11) is 0. The minimum atomic E-state index is -4.59. The maximum absolute atomic E-state index is 12.5. The average molecular weight is 296 g/mol. The van der Waals surface area contributed by atoms with Gasteiger partial charge in [-0.25, -0.2) is 9.97 Å². The van der Waals surface area contributed by atoms with Crippen LogP contribution in [0, 0.1) is 0 Å². The fourth-order valence-corrected chi connectivity index (χ4v) is 1.86.